The van der Waals surface area contributed by atoms with Gasteiger partial charge in [-0.2, -0.15) is 0 Å². The summed E-state index contributed by atoms with van der Waals surface area (Å²) in [6, 6.07) is 8.68. The molecule has 4 aliphatic heterocycles. The zero-order valence-electron chi connectivity index (χ0n) is 15.3. The van der Waals surface area contributed by atoms with Crippen molar-refractivity contribution in [2.45, 2.75) is 38.1 Å². The summed E-state index contributed by atoms with van der Waals surface area (Å²) >= 11 is 0. The molecule has 0 aromatic heterocycles. The molecule has 0 radical (unpaired) electrons. The van der Waals surface area contributed by atoms with Crippen LogP contribution in [0.1, 0.15) is 31.2 Å². The highest BCUT2D eigenvalue weighted by molar-refractivity contribution is 5.96. The Morgan fingerprint density at radius 2 is 2.00 bits per heavy atom. The number of carbonyl (C=O) groups is 2. The lowest BCUT2D eigenvalue weighted by Crippen LogP contribution is -2.61. The molecule has 0 aliphatic carbocycles. The topological polar surface area (TPSA) is 43.9 Å². The second-order valence-electron chi connectivity index (χ2n) is 8.49. The molecule has 3 atom stereocenters. The molecular formula is C21H27N3O2. The van der Waals surface area contributed by atoms with Crippen molar-refractivity contribution in [3.63, 3.8) is 0 Å². The van der Waals surface area contributed by atoms with E-state index in [4.69, 9.17) is 0 Å². The summed E-state index contributed by atoms with van der Waals surface area (Å²) in [6.45, 7) is 4.14. The molecule has 2 amide bonds. The number of amides is 2. The third kappa shape index (κ3) is 2.73. The van der Waals surface area contributed by atoms with Crippen LogP contribution in [0.2, 0.25) is 0 Å². The van der Waals surface area contributed by atoms with Gasteiger partial charge >= 0.3 is 0 Å². The summed E-state index contributed by atoms with van der Waals surface area (Å²) in [6.07, 6.45) is 5.10. The van der Waals surface area contributed by atoms with Gasteiger partial charge in [0, 0.05) is 44.3 Å². The maximum Gasteiger partial charge on any atom is 0.241 e. The molecule has 3 fully saturated rings. The van der Waals surface area contributed by atoms with Crippen LogP contribution in [0.15, 0.2) is 24.3 Å². The van der Waals surface area contributed by atoms with E-state index in [9.17, 15) is 9.59 Å². The number of fused-ring (bicyclic) bond motifs is 5. The fraction of sp³-hybridized carbons (Fsp3) is 0.619. The van der Waals surface area contributed by atoms with Gasteiger partial charge in [-0.15, -0.1) is 0 Å². The van der Waals surface area contributed by atoms with Gasteiger partial charge in [-0.25, -0.2) is 0 Å². The van der Waals surface area contributed by atoms with Crippen LogP contribution in [0.25, 0.3) is 0 Å². The maximum absolute atomic E-state index is 13.0. The highest BCUT2D eigenvalue weighted by Crippen LogP contribution is 2.38. The number of hydrogen-bond donors (Lipinski definition) is 0. The second-order valence-corrected chi connectivity index (χ2v) is 8.49. The van der Waals surface area contributed by atoms with E-state index < -0.39 is 0 Å². The van der Waals surface area contributed by atoms with Gasteiger partial charge in [0.1, 0.15) is 0 Å². The molecule has 0 N–H and O–H groups in total. The van der Waals surface area contributed by atoms with Gasteiger partial charge in [-0.05, 0) is 49.1 Å². The van der Waals surface area contributed by atoms with Crippen LogP contribution >= 0.6 is 0 Å². The predicted octanol–water partition coefficient (Wildman–Crippen LogP) is 1.91. The summed E-state index contributed by atoms with van der Waals surface area (Å²) < 4.78 is 0. The molecule has 138 valence electrons. The quantitative estimate of drug-likeness (QED) is 0.816. The van der Waals surface area contributed by atoms with E-state index in [0.717, 1.165) is 57.5 Å². The lowest BCUT2D eigenvalue weighted by atomic mass is 9.76. The van der Waals surface area contributed by atoms with Crippen molar-refractivity contribution in [1.29, 1.82) is 0 Å². The number of para-hydroxylation sites is 1. The number of anilines is 1. The van der Waals surface area contributed by atoms with Gasteiger partial charge in [-0.1, -0.05) is 18.2 Å². The van der Waals surface area contributed by atoms with E-state index >= 15 is 0 Å². The Labute approximate surface area is 154 Å². The molecule has 2 bridgehead atoms. The fourth-order valence-electron chi connectivity index (χ4n) is 5.72. The van der Waals surface area contributed by atoms with Crippen molar-refractivity contribution in [1.82, 2.24) is 9.80 Å². The highest BCUT2D eigenvalue weighted by Gasteiger charge is 2.44. The molecule has 0 spiro atoms. The average molecular weight is 353 g/mol. The Morgan fingerprint density at radius 1 is 1.12 bits per heavy atom. The van der Waals surface area contributed by atoms with Crippen LogP contribution in [0.5, 0.6) is 0 Å². The van der Waals surface area contributed by atoms with Crippen molar-refractivity contribution < 1.29 is 9.59 Å². The standard InChI is InChI=1S/C21H27N3O2/c25-20-7-3-6-19-17-10-15(12-24(19)20)11-22(13-17)14-21(26)23-9-8-16-4-1-2-5-18(16)23/h1-2,4-5,15,17,19H,3,6-14H2/t15?,17?,19-/m1/s1. The van der Waals surface area contributed by atoms with Crippen molar-refractivity contribution in [3.05, 3.63) is 29.8 Å². The number of hydrogen-bond acceptors (Lipinski definition) is 3. The molecule has 4 heterocycles. The third-order valence-corrected chi connectivity index (χ3v) is 6.80. The molecule has 0 saturated carbocycles. The van der Waals surface area contributed by atoms with Gasteiger partial charge in [0.15, 0.2) is 0 Å². The molecule has 5 rings (SSSR count). The van der Waals surface area contributed by atoms with Gasteiger partial charge in [0.05, 0.1) is 6.54 Å². The number of piperidine rings is 3. The van der Waals surface area contributed by atoms with Gasteiger partial charge in [-0.3, -0.25) is 14.5 Å². The molecule has 2 unspecified atom stereocenters. The summed E-state index contributed by atoms with van der Waals surface area (Å²) in [5.74, 6) is 1.66. The fourth-order valence-corrected chi connectivity index (χ4v) is 5.72. The molecular weight excluding hydrogens is 326 g/mol. The Balaban J connectivity index is 1.27. The summed E-state index contributed by atoms with van der Waals surface area (Å²) in [4.78, 5) is 31.7. The molecule has 4 aliphatic rings. The van der Waals surface area contributed by atoms with E-state index in [2.05, 4.69) is 28.0 Å². The van der Waals surface area contributed by atoms with Gasteiger partial charge in [0.25, 0.3) is 0 Å². The van der Waals surface area contributed by atoms with Gasteiger partial charge < -0.3 is 9.80 Å². The summed E-state index contributed by atoms with van der Waals surface area (Å²) in [5, 5.41) is 0. The number of nitrogens with zero attached hydrogens (tertiary/aromatic N) is 3. The molecule has 5 heteroatoms. The van der Waals surface area contributed by atoms with Crippen LogP contribution in [-0.2, 0) is 16.0 Å². The minimum atomic E-state index is 0.228. The smallest absolute Gasteiger partial charge is 0.241 e. The number of benzene rings is 1. The lowest BCUT2D eigenvalue weighted by molar-refractivity contribution is -0.145. The minimum absolute atomic E-state index is 0.228. The SMILES string of the molecule is O=C(CN1CC2CC(C1)[C@H]1CCCC(=O)N1C2)N1CCc2ccccc21. The zero-order chi connectivity index (χ0) is 17.7. The number of likely N-dealkylation sites (tertiary alicyclic amines) is 1. The average Bonchev–Trinajstić information content (AvgIpc) is 3.07. The normalized spacial score (nSPS) is 30.9. The molecule has 5 nitrogen and oxygen atoms in total. The number of carbonyl (C=O) groups excluding carboxylic acids is 2. The third-order valence-electron chi connectivity index (χ3n) is 6.80. The van der Waals surface area contributed by atoms with E-state index in [1.165, 1.54) is 12.0 Å². The maximum atomic E-state index is 13.0. The minimum Gasteiger partial charge on any atom is -0.339 e. The highest BCUT2D eigenvalue weighted by atomic mass is 16.2. The van der Waals surface area contributed by atoms with Crippen molar-refractivity contribution in [2.75, 3.05) is 37.6 Å². The van der Waals surface area contributed by atoms with Crippen molar-refractivity contribution in [2.24, 2.45) is 11.8 Å². The molecule has 1 aromatic rings. The predicted molar refractivity (Wildman–Crippen MR) is 99.9 cm³/mol. The van der Waals surface area contributed by atoms with Gasteiger partial charge in [0.2, 0.25) is 11.8 Å². The molecule has 1 aromatic carbocycles. The Morgan fingerprint density at radius 3 is 2.92 bits per heavy atom. The van der Waals surface area contributed by atoms with E-state index in [0.29, 0.717) is 30.3 Å². The Hall–Kier alpha value is -1.88. The molecule has 26 heavy (non-hydrogen) atoms. The monoisotopic (exact) mass is 353 g/mol. The molecule has 3 saturated heterocycles. The largest absolute Gasteiger partial charge is 0.339 e. The van der Waals surface area contributed by atoms with E-state index in [-0.39, 0.29) is 5.91 Å². The first kappa shape index (κ1) is 16.3. The van der Waals surface area contributed by atoms with Crippen LogP contribution in [0.4, 0.5) is 5.69 Å². The lowest BCUT2D eigenvalue weighted by Gasteiger charge is -2.52. The zero-order valence-corrected chi connectivity index (χ0v) is 15.3. The summed E-state index contributed by atoms with van der Waals surface area (Å²) in [7, 11) is 0. The Bertz CT molecular complexity index is 734. The first-order valence-electron chi connectivity index (χ1n) is 10.1. The second kappa shape index (κ2) is 6.38. The van der Waals surface area contributed by atoms with Crippen LogP contribution in [-0.4, -0.2) is 60.4 Å². The van der Waals surface area contributed by atoms with Crippen molar-refractivity contribution in [3.8, 4) is 0 Å². The van der Waals surface area contributed by atoms with Crippen LogP contribution in [0.3, 0.4) is 0 Å². The number of rotatable bonds is 2. The van der Waals surface area contributed by atoms with E-state index in [1.807, 2.05) is 11.0 Å². The van der Waals surface area contributed by atoms with E-state index in [1.54, 1.807) is 0 Å². The summed E-state index contributed by atoms with van der Waals surface area (Å²) in [5.41, 5.74) is 2.38. The first-order chi connectivity index (χ1) is 12.7. The van der Waals surface area contributed by atoms with Crippen LogP contribution in [0, 0.1) is 11.8 Å². The van der Waals surface area contributed by atoms with Crippen LogP contribution < -0.4 is 4.90 Å². The Kier molecular flexibility index (Phi) is 4.00. The van der Waals surface area contributed by atoms with Crippen molar-refractivity contribution >= 4 is 17.5 Å². The first-order valence-corrected chi connectivity index (χ1v) is 10.1.